The van der Waals surface area contributed by atoms with Gasteiger partial charge in [0.05, 0.1) is 10.9 Å². The number of rotatable bonds is 7. The lowest BCUT2D eigenvalue weighted by atomic mass is 10.0. The smallest absolute Gasteiger partial charge is 0.255 e. The van der Waals surface area contributed by atoms with Crippen molar-refractivity contribution in [2.45, 2.75) is 39.8 Å². The number of fused-ring (bicyclic) bond motifs is 1. The van der Waals surface area contributed by atoms with Crippen LogP contribution >= 0.6 is 0 Å². The minimum absolute atomic E-state index is 0.0799. The van der Waals surface area contributed by atoms with E-state index in [9.17, 15) is 14.4 Å². The molecule has 0 radical (unpaired) electrons. The maximum Gasteiger partial charge on any atom is 0.255 e. The van der Waals surface area contributed by atoms with Crippen molar-refractivity contribution < 1.29 is 14.0 Å². The number of carbonyl (C=O) groups excluding carboxylic acids is 2. The van der Waals surface area contributed by atoms with Gasteiger partial charge in [0.25, 0.3) is 11.8 Å². The Hall–Kier alpha value is -4.19. The van der Waals surface area contributed by atoms with Crippen LogP contribution < -0.4 is 16.1 Å². The van der Waals surface area contributed by atoms with Gasteiger partial charge in [-0.3, -0.25) is 14.4 Å². The number of amides is 2. The van der Waals surface area contributed by atoms with E-state index in [2.05, 4.69) is 10.6 Å². The molecule has 35 heavy (non-hydrogen) atoms. The third-order valence-corrected chi connectivity index (χ3v) is 6.06. The summed E-state index contributed by atoms with van der Waals surface area (Å²) in [6.45, 7) is 5.91. The highest BCUT2D eigenvalue weighted by Gasteiger charge is 2.18. The average molecular weight is 469 g/mol. The molecular weight excluding hydrogens is 440 g/mol. The van der Waals surface area contributed by atoms with Gasteiger partial charge < -0.3 is 15.1 Å². The molecule has 4 rings (SSSR count). The first kappa shape index (κ1) is 24.0. The summed E-state index contributed by atoms with van der Waals surface area (Å²) >= 11 is 0. The van der Waals surface area contributed by atoms with Crippen molar-refractivity contribution in [3.63, 3.8) is 0 Å². The van der Waals surface area contributed by atoms with Crippen molar-refractivity contribution >= 4 is 22.8 Å². The van der Waals surface area contributed by atoms with Gasteiger partial charge in [0.2, 0.25) is 0 Å². The Morgan fingerprint density at radius 3 is 2.43 bits per heavy atom. The van der Waals surface area contributed by atoms with E-state index in [0.717, 1.165) is 17.5 Å². The third kappa shape index (κ3) is 5.17. The molecule has 178 valence electrons. The summed E-state index contributed by atoms with van der Waals surface area (Å²) in [5, 5.41) is 6.19. The second-order valence-corrected chi connectivity index (χ2v) is 8.60. The van der Waals surface area contributed by atoms with Gasteiger partial charge in [-0.25, -0.2) is 0 Å². The SMILES string of the molecule is CCC(C)NC(=O)c1cccc(CNC(=O)c2cccc3c(=O)c(C)c(-c4ccccc4)oc23)c1. The molecule has 4 aromatic rings. The second-order valence-electron chi connectivity index (χ2n) is 8.60. The molecule has 0 fully saturated rings. The number of hydrogen-bond acceptors (Lipinski definition) is 4. The lowest BCUT2D eigenvalue weighted by molar-refractivity contribution is 0.0936. The number of para-hydroxylation sites is 1. The van der Waals surface area contributed by atoms with Crippen molar-refractivity contribution in [3.05, 3.63) is 105 Å². The third-order valence-electron chi connectivity index (χ3n) is 6.06. The van der Waals surface area contributed by atoms with Gasteiger partial charge in [0.15, 0.2) is 11.0 Å². The molecule has 3 aromatic carbocycles. The molecule has 0 aliphatic carbocycles. The maximum atomic E-state index is 13.1. The Morgan fingerprint density at radius 2 is 1.69 bits per heavy atom. The van der Waals surface area contributed by atoms with E-state index in [0.29, 0.717) is 22.3 Å². The van der Waals surface area contributed by atoms with Crippen LogP contribution in [0.25, 0.3) is 22.3 Å². The summed E-state index contributed by atoms with van der Waals surface area (Å²) in [7, 11) is 0. The first-order chi connectivity index (χ1) is 16.9. The Morgan fingerprint density at radius 1 is 0.943 bits per heavy atom. The summed E-state index contributed by atoms with van der Waals surface area (Å²) in [6, 6.07) is 21.6. The molecule has 0 saturated carbocycles. The number of benzene rings is 3. The number of carbonyl (C=O) groups is 2. The molecule has 2 amide bonds. The van der Waals surface area contributed by atoms with Gasteiger partial charge in [-0.15, -0.1) is 0 Å². The molecule has 1 heterocycles. The maximum absolute atomic E-state index is 13.1. The quantitative estimate of drug-likeness (QED) is 0.389. The normalized spacial score (nSPS) is 11.7. The van der Waals surface area contributed by atoms with Crippen LogP contribution in [0.15, 0.2) is 82.0 Å². The summed E-state index contributed by atoms with van der Waals surface area (Å²) < 4.78 is 6.15. The van der Waals surface area contributed by atoms with Gasteiger partial charge in [-0.1, -0.05) is 55.5 Å². The lowest BCUT2D eigenvalue weighted by Gasteiger charge is -2.13. The molecule has 6 heteroatoms. The van der Waals surface area contributed by atoms with E-state index in [-0.39, 0.29) is 41.0 Å². The second kappa shape index (κ2) is 10.4. The van der Waals surface area contributed by atoms with Crippen LogP contribution in [0, 0.1) is 6.92 Å². The predicted molar refractivity (Wildman–Crippen MR) is 137 cm³/mol. The molecule has 1 atom stereocenters. The van der Waals surface area contributed by atoms with E-state index in [4.69, 9.17) is 4.42 Å². The summed E-state index contributed by atoms with van der Waals surface area (Å²) in [5.74, 6) is -0.0633. The Kier molecular flexibility index (Phi) is 7.11. The van der Waals surface area contributed by atoms with E-state index in [1.54, 1.807) is 43.3 Å². The van der Waals surface area contributed by atoms with Crippen LogP contribution in [0.2, 0.25) is 0 Å². The highest BCUT2D eigenvalue weighted by molar-refractivity contribution is 6.05. The molecule has 0 aliphatic rings. The van der Waals surface area contributed by atoms with Crippen LogP contribution in [0.3, 0.4) is 0 Å². The van der Waals surface area contributed by atoms with Crippen LogP contribution in [0.1, 0.15) is 52.1 Å². The minimum atomic E-state index is -0.365. The molecule has 0 spiro atoms. The summed E-state index contributed by atoms with van der Waals surface area (Å²) in [5.41, 5.74) is 2.96. The molecule has 1 unspecified atom stereocenters. The van der Waals surface area contributed by atoms with E-state index >= 15 is 0 Å². The fourth-order valence-electron chi connectivity index (χ4n) is 3.86. The van der Waals surface area contributed by atoms with Gasteiger partial charge in [-0.05, 0) is 50.1 Å². The zero-order chi connectivity index (χ0) is 24.9. The predicted octanol–water partition coefficient (Wildman–Crippen LogP) is 5.23. The average Bonchev–Trinajstić information content (AvgIpc) is 2.89. The minimum Gasteiger partial charge on any atom is -0.455 e. The fraction of sp³-hybridized carbons (Fsp3) is 0.207. The van der Waals surface area contributed by atoms with Crippen molar-refractivity contribution in [2.24, 2.45) is 0 Å². The van der Waals surface area contributed by atoms with Gasteiger partial charge in [-0.2, -0.15) is 0 Å². The van der Waals surface area contributed by atoms with E-state index in [1.807, 2.05) is 50.2 Å². The fourth-order valence-corrected chi connectivity index (χ4v) is 3.86. The summed E-state index contributed by atoms with van der Waals surface area (Å²) in [4.78, 5) is 38.6. The first-order valence-electron chi connectivity index (χ1n) is 11.7. The highest BCUT2D eigenvalue weighted by Crippen LogP contribution is 2.27. The Balaban J connectivity index is 1.61. The van der Waals surface area contributed by atoms with E-state index < -0.39 is 0 Å². The highest BCUT2D eigenvalue weighted by atomic mass is 16.3. The van der Waals surface area contributed by atoms with Gasteiger partial charge >= 0.3 is 0 Å². The molecule has 0 saturated heterocycles. The van der Waals surface area contributed by atoms with Gasteiger partial charge in [0.1, 0.15) is 5.76 Å². The Labute approximate surface area is 204 Å². The molecule has 2 N–H and O–H groups in total. The zero-order valence-corrected chi connectivity index (χ0v) is 20.1. The van der Waals surface area contributed by atoms with E-state index in [1.165, 1.54) is 0 Å². The first-order valence-corrected chi connectivity index (χ1v) is 11.7. The Bertz CT molecular complexity index is 1440. The standard InChI is InChI=1S/C29H28N2O4/c1-4-18(2)31-28(33)22-13-8-10-20(16-22)17-30-29(34)24-15-9-14-23-25(32)19(3)26(35-27(23)24)21-11-6-5-7-12-21/h5-16,18H,4,17H2,1-3H3,(H,30,34)(H,31,33). The molecule has 6 nitrogen and oxygen atoms in total. The molecule has 1 aromatic heterocycles. The molecular formula is C29H28N2O4. The van der Waals surface area contributed by atoms with Crippen molar-refractivity contribution in [1.29, 1.82) is 0 Å². The molecule has 0 bridgehead atoms. The number of nitrogens with one attached hydrogen (secondary N) is 2. The van der Waals surface area contributed by atoms with Gasteiger partial charge in [0, 0.05) is 29.3 Å². The molecule has 0 aliphatic heterocycles. The van der Waals surface area contributed by atoms with Crippen LogP contribution in [-0.4, -0.2) is 17.9 Å². The zero-order valence-electron chi connectivity index (χ0n) is 20.1. The van der Waals surface area contributed by atoms with Crippen molar-refractivity contribution in [1.82, 2.24) is 10.6 Å². The van der Waals surface area contributed by atoms with Crippen molar-refractivity contribution in [2.75, 3.05) is 0 Å². The van der Waals surface area contributed by atoms with Crippen LogP contribution in [0.5, 0.6) is 0 Å². The van der Waals surface area contributed by atoms with Crippen LogP contribution in [-0.2, 0) is 6.54 Å². The monoisotopic (exact) mass is 468 g/mol. The van der Waals surface area contributed by atoms with Crippen LogP contribution in [0.4, 0.5) is 0 Å². The largest absolute Gasteiger partial charge is 0.455 e. The number of hydrogen-bond donors (Lipinski definition) is 2. The van der Waals surface area contributed by atoms with Crippen molar-refractivity contribution in [3.8, 4) is 11.3 Å². The lowest BCUT2D eigenvalue weighted by Crippen LogP contribution is -2.32. The summed E-state index contributed by atoms with van der Waals surface area (Å²) in [6.07, 6.45) is 0.841. The topological polar surface area (TPSA) is 88.4 Å².